The fraction of sp³-hybridized carbons (Fsp3) is 0.556. The molecule has 3 heterocycles. The summed E-state index contributed by atoms with van der Waals surface area (Å²) >= 11 is 1.51. The topological polar surface area (TPSA) is 76.1 Å². The molecule has 5 rings (SSSR count). The molecule has 1 N–H and O–H groups in total. The second-order valence-electron chi connectivity index (χ2n) is 6.69. The maximum Gasteiger partial charge on any atom is 0.264 e. The fourth-order valence-corrected chi connectivity index (χ4v) is 5.55. The van der Waals surface area contributed by atoms with Crippen LogP contribution in [0.15, 0.2) is 24.3 Å². The predicted molar refractivity (Wildman–Crippen MR) is 93.1 cm³/mol. The van der Waals surface area contributed by atoms with E-state index in [0.717, 1.165) is 11.3 Å². The molecule has 3 aliphatic heterocycles. The van der Waals surface area contributed by atoms with Crippen molar-refractivity contribution in [1.82, 2.24) is 0 Å². The minimum absolute atomic E-state index is 0.0206. The standard InChI is InChI=1S/C18H21NO5S/c1-3-25-16-15-12(20)8-14(24-16)18(9-13(15)21)10-6-4-5-7-11(10)19(23-2)17(18)22/h4-7,13-16,21H,3,8-9H2,1-2H3. The van der Waals surface area contributed by atoms with E-state index in [0.29, 0.717) is 5.69 Å². The van der Waals surface area contributed by atoms with Crippen molar-refractivity contribution < 1.29 is 24.3 Å². The molecule has 3 fully saturated rings. The maximum atomic E-state index is 13.3. The Morgan fingerprint density at radius 3 is 2.88 bits per heavy atom. The first kappa shape index (κ1) is 17.0. The monoisotopic (exact) mass is 363 g/mol. The lowest BCUT2D eigenvalue weighted by atomic mass is 9.73. The largest absolute Gasteiger partial charge is 0.392 e. The third kappa shape index (κ3) is 2.23. The summed E-state index contributed by atoms with van der Waals surface area (Å²) in [7, 11) is 1.44. The number of hydroxylamine groups is 1. The molecule has 1 amide bonds. The van der Waals surface area contributed by atoms with Gasteiger partial charge in [0.1, 0.15) is 16.6 Å². The van der Waals surface area contributed by atoms with E-state index in [2.05, 4.69) is 0 Å². The van der Waals surface area contributed by atoms with E-state index < -0.39 is 29.0 Å². The van der Waals surface area contributed by atoms with Gasteiger partial charge in [0, 0.05) is 6.42 Å². The molecular weight excluding hydrogens is 342 g/mol. The molecular formula is C18H21NO5S. The highest BCUT2D eigenvalue weighted by Crippen LogP contribution is 2.54. The molecule has 2 bridgehead atoms. The Morgan fingerprint density at radius 1 is 1.40 bits per heavy atom. The van der Waals surface area contributed by atoms with Gasteiger partial charge in [-0.2, -0.15) is 5.06 Å². The van der Waals surface area contributed by atoms with Crippen molar-refractivity contribution in [3.63, 3.8) is 0 Å². The molecule has 0 aromatic heterocycles. The van der Waals surface area contributed by atoms with Gasteiger partial charge in [-0.15, -0.1) is 11.8 Å². The molecule has 2 saturated heterocycles. The first-order valence-electron chi connectivity index (χ1n) is 8.50. The van der Waals surface area contributed by atoms with Gasteiger partial charge in [-0.1, -0.05) is 25.1 Å². The van der Waals surface area contributed by atoms with Gasteiger partial charge in [0.05, 0.1) is 30.9 Å². The fourth-order valence-electron chi connectivity index (χ4n) is 4.47. The smallest absolute Gasteiger partial charge is 0.264 e. The van der Waals surface area contributed by atoms with E-state index in [4.69, 9.17) is 9.57 Å². The van der Waals surface area contributed by atoms with Crippen molar-refractivity contribution in [3.8, 4) is 0 Å². The molecule has 6 nitrogen and oxygen atoms in total. The zero-order valence-corrected chi connectivity index (χ0v) is 15.0. The quantitative estimate of drug-likeness (QED) is 0.880. The van der Waals surface area contributed by atoms with E-state index in [1.807, 2.05) is 31.2 Å². The number of fused-ring (bicyclic) bond motifs is 4. The van der Waals surface area contributed by atoms with Crippen LogP contribution < -0.4 is 5.06 Å². The zero-order chi connectivity index (χ0) is 17.8. The molecule has 5 unspecified atom stereocenters. The molecule has 1 aromatic rings. The molecule has 1 spiro atoms. The van der Waals surface area contributed by atoms with Gasteiger partial charge >= 0.3 is 0 Å². The summed E-state index contributed by atoms with van der Waals surface area (Å²) in [6.45, 7) is 1.99. The Hall–Kier alpha value is -1.41. The molecule has 4 aliphatic rings. The lowest BCUT2D eigenvalue weighted by Gasteiger charge is -2.37. The molecule has 7 heteroatoms. The van der Waals surface area contributed by atoms with Gasteiger partial charge in [-0.25, -0.2) is 0 Å². The highest BCUT2D eigenvalue weighted by Gasteiger charge is 2.64. The maximum absolute atomic E-state index is 13.3. The Balaban J connectivity index is 1.87. The predicted octanol–water partition coefficient (Wildman–Crippen LogP) is 1.65. The number of para-hydroxylation sites is 1. The number of ether oxygens (including phenoxy) is 1. The summed E-state index contributed by atoms with van der Waals surface area (Å²) in [5, 5.41) is 12.1. The lowest BCUT2D eigenvalue weighted by Crippen LogP contribution is -2.51. The van der Waals surface area contributed by atoms with Crippen LogP contribution in [0.1, 0.15) is 25.3 Å². The van der Waals surface area contributed by atoms with Gasteiger partial charge < -0.3 is 9.84 Å². The molecule has 1 aliphatic carbocycles. The minimum atomic E-state index is -1.08. The van der Waals surface area contributed by atoms with Crippen molar-refractivity contribution in [2.24, 2.45) is 5.92 Å². The van der Waals surface area contributed by atoms with Crippen LogP contribution >= 0.6 is 11.8 Å². The van der Waals surface area contributed by atoms with E-state index in [9.17, 15) is 14.7 Å². The molecule has 25 heavy (non-hydrogen) atoms. The average Bonchev–Trinajstić information content (AvgIpc) is 2.68. The number of aliphatic hydroxyl groups excluding tert-OH is 1. The average molecular weight is 363 g/mol. The normalized spacial score (nSPS) is 36.8. The van der Waals surface area contributed by atoms with Crippen molar-refractivity contribution in [1.29, 1.82) is 0 Å². The number of rotatable bonds is 3. The van der Waals surface area contributed by atoms with Crippen LogP contribution in [0.5, 0.6) is 0 Å². The third-order valence-electron chi connectivity index (χ3n) is 5.53. The number of anilines is 1. The van der Waals surface area contributed by atoms with Crippen LogP contribution in [0.25, 0.3) is 0 Å². The number of carbonyl (C=O) groups is 2. The minimum Gasteiger partial charge on any atom is -0.392 e. The van der Waals surface area contributed by atoms with Gasteiger partial charge in [-0.3, -0.25) is 14.4 Å². The van der Waals surface area contributed by atoms with Crippen LogP contribution in [0.2, 0.25) is 0 Å². The first-order chi connectivity index (χ1) is 12.0. The summed E-state index contributed by atoms with van der Waals surface area (Å²) in [6, 6.07) is 7.38. The Labute approximate surface area is 150 Å². The Bertz CT molecular complexity index is 725. The zero-order valence-electron chi connectivity index (χ0n) is 14.2. The number of benzene rings is 1. The summed E-state index contributed by atoms with van der Waals surface area (Å²) < 4.78 is 6.23. The molecule has 5 atom stereocenters. The van der Waals surface area contributed by atoms with E-state index in [1.165, 1.54) is 23.9 Å². The van der Waals surface area contributed by atoms with Gasteiger partial charge in [-0.05, 0) is 23.8 Å². The van der Waals surface area contributed by atoms with Crippen LogP contribution in [0.4, 0.5) is 5.69 Å². The number of carbonyl (C=O) groups excluding carboxylic acids is 2. The number of ketones is 1. The van der Waals surface area contributed by atoms with Crippen LogP contribution in [-0.4, -0.2) is 47.3 Å². The number of aliphatic hydroxyl groups is 1. The van der Waals surface area contributed by atoms with Crippen molar-refractivity contribution >= 4 is 29.1 Å². The van der Waals surface area contributed by atoms with Crippen molar-refractivity contribution in [2.75, 3.05) is 17.9 Å². The van der Waals surface area contributed by atoms with E-state index in [-0.39, 0.29) is 24.5 Å². The molecule has 134 valence electrons. The number of Topliss-reactive ketones (excluding diaryl/α,β-unsaturated/α-hetero) is 1. The van der Waals surface area contributed by atoms with E-state index >= 15 is 0 Å². The first-order valence-corrected chi connectivity index (χ1v) is 9.55. The van der Waals surface area contributed by atoms with Crippen LogP contribution in [0, 0.1) is 5.92 Å². The van der Waals surface area contributed by atoms with Gasteiger partial charge in [0.25, 0.3) is 5.91 Å². The molecule has 1 saturated carbocycles. The third-order valence-corrected chi connectivity index (χ3v) is 6.59. The number of hydrogen-bond acceptors (Lipinski definition) is 6. The highest BCUT2D eigenvalue weighted by atomic mass is 32.2. The summed E-state index contributed by atoms with van der Waals surface area (Å²) in [5.74, 6) is -0.101. The Morgan fingerprint density at radius 2 is 2.16 bits per heavy atom. The second-order valence-corrected chi connectivity index (χ2v) is 8.06. The number of thioether (sulfide) groups is 1. The highest BCUT2D eigenvalue weighted by molar-refractivity contribution is 7.99. The Kier molecular flexibility index (Phi) is 4.15. The number of amides is 1. The summed E-state index contributed by atoms with van der Waals surface area (Å²) in [5.41, 5.74) is -0.0774. The second kappa shape index (κ2) is 6.09. The van der Waals surface area contributed by atoms with E-state index in [1.54, 1.807) is 0 Å². The molecule has 0 radical (unpaired) electrons. The molecule has 1 aromatic carbocycles. The summed E-state index contributed by atoms with van der Waals surface area (Å²) in [6.07, 6.45) is -1.20. The van der Waals surface area contributed by atoms with Crippen molar-refractivity contribution in [3.05, 3.63) is 29.8 Å². The summed E-state index contributed by atoms with van der Waals surface area (Å²) in [4.78, 5) is 31.3. The van der Waals surface area contributed by atoms with Crippen LogP contribution in [0.3, 0.4) is 0 Å². The van der Waals surface area contributed by atoms with Crippen LogP contribution in [-0.2, 0) is 24.6 Å². The number of nitrogens with zero attached hydrogens (tertiary/aromatic N) is 1. The SMILES string of the molecule is CCSC1OC2CC(=O)C1C(O)CC21C(=O)N(OC)c2ccccc21. The lowest BCUT2D eigenvalue weighted by molar-refractivity contribution is -0.146. The van der Waals surface area contributed by atoms with Crippen molar-refractivity contribution in [2.45, 2.75) is 42.8 Å². The van der Waals surface area contributed by atoms with Gasteiger partial charge in [0.15, 0.2) is 0 Å². The number of hydrogen-bond donors (Lipinski definition) is 1. The van der Waals surface area contributed by atoms with Gasteiger partial charge in [0.2, 0.25) is 0 Å².